The fourth-order valence-corrected chi connectivity index (χ4v) is 2.71. The van der Waals surface area contributed by atoms with Crippen molar-refractivity contribution in [3.63, 3.8) is 0 Å². The molecule has 0 aliphatic carbocycles. The average Bonchev–Trinajstić information content (AvgIpc) is 2.95. The topological polar surface area (TPSA) is 82.5 Å². The van der Waals surface area contributed by atoms with E-state index in [-0.39, 0.29) is 12.6 Å². The second kappa shape index (κ2) is 7.73. The van der Waals surface area contributed by atoms with Crippen molar-refractivity contribution in [2.45, 2.75) is 13.3 Å². The van der Waals surface area contributed by atoms with Crippen LogP contribution in [0.25, 0.3) is 0 Å². The number of nitrogens with one attached hydrogen (secondary N) is 1. The number of benzene rings is 1. The van der Waals surface area contributed by atoms with E-state index in [4.69, 9.17) is 5.11 Å². The number of carboxylic acid groups (broad SMARTS) is 1. The zero-order chi connectivity index (χ0) is 16.8. The van der Waals surface area contributed by atoms with Gasteiger partial charge >= 0.3 is 12.0 Å². The third-order valence-corrected chi connectivity index (χ3v) is 4.12. The highest BCUT2D eigenvalue weighted by Crippen LogP contribution is 2.18. The molecule has 6 nitrogen and oxygen atoms in total. The predicted molar refractivity (Wildman–Crippen MR) is 89.8 cm³/mol. The molecule has 1 heterocycles. The van der Waals surface area contributed by atoms with Gasteiger partial charge in [-0.15, -0.1) is 11.3 Å². The lowest BCUT2D eigenvalue weighted by Gasteiger charge is -2.19. The Morgan fingerprint density at radius 2 is 2.04 bits per heavy atom. The van der Waals surface area contributed by atoms with Crippen LogP contribution in [0, 0.1) is 5.92 Å². The molecule has 1 aromatic heterocycles. The lowest BCUT2D eigenvalue weighted by atomic mass is 10.1. The van der Waals surface area contributed by atoms with Crippen LogP contribution in [0.4, 0.5) is 9.93 Å². The number of anilines is 1. The minimum Gasteiger partial charge on any atom is -0.481 e. The van der Waals surface area contributed by atoms with Crippen LogP contribution in [0.15, 0.2) is 35.7 Å². The third-order valence-electron chi connectivity index (χ3n) is 3.31. The normalized spacial score (nSPS) is 11.7. The van der Waals surface area contributed by atoms with E-state index < -0.39 is 11.9 Å². The van der Waals surface area contributed by atoms with E-state index in [1.807, 2.05) is 35.7 Å². The molecule has 1 unspecified atom stereocenters. The zero-order valence-corrected chi connectivity index (χ0v) is 13.8. The Labute approximate surface area is 138 Å². The summed E-state index contributed by atoms with van der Waals surface area (Å²) in [6, 6.07) is 9.60. The van der Waals surface area contributed by atoms with E-state index in [1.165, 1.54) is 16.2 Å². The molecule has 0 fully saturated rings. The van der Waals surface area contributed by atoms with Crippen molar-refractivity contribution < 1.29 is 14.7 Å². The number of thiazole rings is 1. The molecule has 0 aliphatic rings. The standard InChI is InChI=1S/C16H19N3O3S/c1-11(14(20)21)9-19(2)16(22)18-15-17-13(10-23-15)8-12-6-4-3-5-7-12/h3-7,10-11H,8-9H2,1-2H3,(H,20,21)(H,17,18,22). The van der Waals surface area contributed by atoms with E-state index in [2.05, 4.69) is 10.3 Å². The first kappa shape index (κ1) is 17.0. The van der Waals surface area contributed by atoms with Crippen LogP contribution in [0.5, 0.6) is 0 Å². The molecule has 2 amide bonds. The van der Waals surface area contributed by atoms with Gasteiger partial charge in [-0.3, -0.25) is 10.1 Å². The summed E-state index contributed by atoms with van der Waals surface area (Å²) in [5.41, 5.74) is 2.04. The number of carboxylic acids is 1. The van der Waals surface area contributed by atoms with Gasteiger partial charge < -0.3 is 10.0 Å². The highest BCUT2D eigenvalue weighted by Gasteiger charge is 2.18. The Kier molecular flexibility index (Phi) is 5.70. The Balaban J connectivity index is 1.91. The number of nitrogens with zero attached hydrogens (tertiary/aromatic N) is 2. The summed E-state index contributed by atoms with van der Waals surface area (Å²) in [7, 11) is 1.56. The van der Waals surface area contributed by atoms with Crippen molar-refractivity contribution in [2.24, 2.45) is 5.92 Å². The summed E-state index contributed by atoms with van der Waals surface area (Å²) in [5.74, 6) is -1.54. The number of aromatic nitrogens is 1. The lowest BCUT2D eigenvalue weighted by molar-refractivity contribution is -0.141. The molecule has 0 bridgehead atoms. The summed E-state index contributed by atoms with van der Waals surface area (Å²) in [4.78, 5) is 28.6. The molecule has 0 aliphatic heterocycles. The quantitative estimate of drug-likeness (QED) is 0.851. The van der Waals surface area contributed by atoms with E-state index in [0.29, 0.717) is 11.6 Å². The summed E-state index contributed by atoms with van der Waals surface area (Å²) in [6.07, 6.45) is 0.707. The molecular formula is C16H19N3O3S. The first-order valence-corrected chi connectivity index (χ1v) is 8.07. The SMILES string of the molecule is CC(CN(C)C(=O)Nc1nc(Cc2ccccc2)cs1)C(=O)O. The van der Waals surface area contributed by atoms with E-state index in [1.54, 1.807) is 14.0 Å². The largest absolute Gasteiger partial charge is 0.481 e. The van der Waals surface area contributed by atoms with Gasteiger partial charge in [-0.2, -0.15) is 0 Å². The molecule has 0 saturated heterocycles. The highest BCUT2D eigenvalue weighted by atomic mass is 32.1. The fraction of sp³-hybridized carbons (Fsp3) is 0.312. The van der Waals surface area contributed by atoms with Gasteiger partial charge in [0.15, 0.2) is 5.13 Å². The molecule has 2 aromatic rings. The van der Waals surface area contributed by atoms with Crippen molar-refractivity contribution >= 4 is 28.5 Å². The molecule has 23 heavy (non-hydrogen) atoms. The van der Waals surface area contributed by atoms with Crippen molar-refractivity contribution in [1.29, 1.82) is 0 Å². The van der Waals surface area contributed by atoms with Crippen LogP contribution in [-0.4, -0.2) is 40.6 Å². The lowest BCUT2D eigenvalue weighted by Crippen LogP contribution is -2.36. The Morgan fingerprint density at radius 3 is 2.70 bits per heavy atom. The molecule has 2 rings (SSSR count). The molecule has 0 spiro atoms. The predicted octanol–water partition coefficient (Wildman–Crippen LogP) is 2.92. The first-order chi connectivity index (χ1) is 11.0. The maximum Gasteiger partial charge on any atom is 0.323 e. The van der Waals surface area contributed by atoms with Gasteiger partial charge in [0.2, 0.25) is 0 Å². The van der Waals surface area contributed by atoms with Gasteiger partial charge in [0.25, 0.3) is 0 Å². The van der Waals surface area contributed by atoms with E-state index in [9.17, 15) is 9.59 Å². The van der Waals surface area contributed by atoms with E-state index >= 15 is 0 Å². The van der Waals surface area contributed by atoms with Crippen LogP contribution in [0.1, 0.15) is 18.2 Å². The van der Waals surface area contributed by atoms with Gasteiger partial charge in [0.1, 0.15) is 0 Å². The van der Waals surface area contributed by atoms with Crippen molar-refractivity contribution in [3.05, 3.63) is 47.0 Å². The minimum atomic E-state index is -0.927. The second-order valence-corrected chi connectivity index (χ2v) is 6.21. The number of urea groups is 1. The maximum absolute atomic E-state index is 12.0. The Hall–Kier alpha value is -2.41. The second-order valence-electron chi connectivity index (χ2n) is 5.36. The number of carbonyl (C=O) groups is 2. The average molecular weight is 333 g/mol. The molecule has 0 saturated carbocycles. The zero-order valence-electron chi connectivity index (χ0n) is 13.0. The van der Waals surface area contributed by atoms with Crippen molar-refractivity contribution in [3.8, 4) is 0 Å². The Bertz CT molecular complexity index is 672. The van der Waals surface area contributed by atoms with Crippen LogP contribution < -0.4 is 5.32 Å². The molecule has 122 valence electrons. The van der Waals surface area contributed by atoms with Crippen molar-refractivity contribution in [1.82, 2.24) is 9.88 Å². The molecule has 7 heteroatoms. The van der Waals surface area contributed by atoms with Crippen LogP contribution in [-0.2, 0) is 11.2 Å². The molecule has 0 radical (unpaired) electrons. The van der Waals surface area contributed by atoms with E-state index in [0.717, 1.165) is 11.3 Å². The maximum atomic E-state index is 12.0. The van der Waals surface area contributed by atoms with Crippen LogP contribution in [0.3, 0.4) is 0 Å². The number of hydrogen-bond acceptors (Lipinski definition) is 4. The van der Waals surface area contributed by atoms with Crippen LogP contribution in [0.2, 0.25) is 0 Å². The summed E-state index contributed by atoms with van der Waals surface area (Å²) < 4.78 is 0. The van der Waals surface area contributed by atoms with Crippen molar-refractivity contribution in [2.75, 3.05) is 18.9 Å². The smallest absolute Gasteiger partial charge is 0.323 e. The highest BCUT2D eigenvalue weighted by molar-refractivity contribution is 7.13. The fourth-order valence-electron chi connectivity index (χ4n) is 2.01. The van der Waals surface area contributed by atoms with Gasteiger partial charge in [0, 0.05) is 25.4 Å². The van der Waals surface area contributed by atoms with Gasteiger partial charge in [0.05, 0.1) is 11.6 Å². The number of rotatable bonds is 6. The molecule has 1 aromatic carbocycles. The van der Waals surface area contributed by atoms with Gasteiger partial charge in [-0.05, 0) is 5.56 Å². The number of amides is 2. The number of hydrogen-bond donors (Lipinski definition) is 2. The summed E-state index contributed by atoms with van der Waals surface area (Å²) in [6.45, 7) is 1.71. The minimum absolute atomic E-state index is 0.142. The number of aliphatic carboxylic acids is 1. The monoisotopic (exact) mass is 333 g/mol. The van der Waals surface area contributed by atoms with Gasteiger partial charge in [-0.25, -0.2) is 9.78 Å². The third kappa shape index (κ3) is 5.07. The Morgan fingerprint density at radius 1 is 1.35 bits per heavy atom. The molecule has 1 atom stereocenters. The molecule has 2 N–H and O–H groups in total. The summed E-state index contributed by atoms with van der Waals surface area (Å²) >= 11 is 1.35. The number of carbonyl (C=O) groups excluding carboxylic acids is 1. The van der Waals surface area contributed by atoms with Gasteiger partial charge in [-0.1, -0.05) is 37.3 Å². The summed E-state index contributed by atoms with van der Waals surface area (Å²) in [5, 5.41) is 14.0. The molecular weight excluding hydrogens is 314 g/mol. The first-order valence-electron chi connectivity index (χ1n) is 7.19. The van der Waals surface area contributed by atoms with Crippen LogP contribution >= 0.6 is 11.3 Å².